The molecular formula is C7H10N2O3. The fraction of sp³-hybridized carbons (Fsp3) is 0.429. The molecule has 0 amide bonds. The number of hydrogen-bond donors (Lipinski definition) is 2. The topological polar surface area (TPSA) is 75.3 Å². The van der Waals surface area contributed by atoms with Crippen molar-refractivity contribution in [2.75, 3.05) is 6.61 Å². The van der Waals surface area contributed by atoms with Crippen molar-refractivity contribution < 1.29 is 15.0 Å². The van der Waals surface area contributed by atoms with Crippen LogP contribution in [0.1, 0.15) is 16.2 Å². The number of aliphatic hydroxyl groups is 1. The molecule has 0 fully saturated rings. The number of aromatic carboxylic acids is 1. The van der Waals surface area contributed by atoms with E-state index in [9.17, 15) is 4.79 Å². The highest BCUT2D eigenvalue weighted by Gasteiger charge is 2.11. The van der Waals surface area contributed by atoms with E-state index in [4.69, 9.17) is 10.2 Å². The number of carbonyl (C=O) groups is 1. The van der Waals surface area contributed by atoms with Gasteiger partial charge in [-0.1, -0.05) is 0 Å². The summed E-state index contributed by atoms with van der Waals surface area (Å²) in [5.41, 5.74) is 0.752. The summed E-state index contributed by atoms with van der Waals surface area (Å²) in [6.45, 7) is 1.82. The number of nitrogens with zero attached hydrogens (tertiary/aromatic N) is 2. The van der Waals surface area contributed by atoms with Crippen LogP contribution >= 0.6 is 0 Å². The van der Waals surface area contributed by atoms with E-state index in [1.165, 1.54) is 10.7 Å². The van der Waals surface area contributed by atoms with Gasteiger partial charge in [-0.3, -0.25) is 4.68 Å². The minimum absolute atomic E-state index is 0.110. The van der Waals surface area contributed by atoms with Crippen molar-refractivity contribution in [1.29, 1.82) is 0 Å². The second-order valence-corrected chi connectivity index (χ2v) is 2.42. The predicted molar refractivity (Wildman–Crippen MR) is 41.0 cm³/mol. The molecule has 1 aromatic rings. The first-order chi connectivity index (χ1) is 5.65. The van der Waals surface area contributed by atoms with Crippen molar-refractivity contribution in [3.63, 3.8) is 0 Å². The van der Waals surface area contributed by atoms with E-state index in [0.29, 0.717) is 5.69 Å². The quantitative estimate of drug-likeness (QED) is 0.663. The molecule has 0 saturated carbocycles. The second kappa shape index (κ2) is 3.36. The fourth-order valence-electron chi connectivity index (χ4n) is 0.983. The first-order valence-corrected chi connectivity index (χ1v) is 3.53. The minimum Gasteiger partial charge on any atom is -0.477 e. The van der Waals surface area contributed by atoms with Crippen LogP contribution in [-0.4, -0.2) is 32.6 Å². The van der Waals surface area contributed by atoms with Gasteiger partial charge in [-0.25, -0.2) is 4.79 Å². The summed E-state index contributed by atoms with van der Waals surface area (Å²) in [6, 6.07) is 1.47. The van der Waals surface area contributed by atoms with E-state index in [2.05, 4.69) is 5.10 Å². The number of carboxylic acid groups (broad SMARTS) is 1. The average Bonchev–Trinajstić information content (AvgIpc) is 2.32. The third-order valence-corrected chi connectivity index (χ3v) is 1.43. The lowest BCUT2D eigenvalue weighted by molar-refractivity contribution is 0.0681. The highest BCUT2D eigenvalue weighted by Crippen LogP contribution is 2.02. The number of aliphatic hydroxyl groups excluding tert-OH is 1. The predicted octanol–water partition coefficient (Wildman–Crippen LogP) is -0.118. The zero-order valence-electron chi connectivity index (χ0n) is 6.69. The van der Waals surface area contributed by atoms with Gasteiger partial charge in [-0.2, -0.15) is 5.10 Å². The van der Waals surface area contributed by atoms with Crippen LogP contribution in [-0.2, 0) is 6.54 Å². The Morgan fingerprint density at radius 3 is 2.92 bits per heavy atom. The molecule has 0 aliphatic rings. The van der Waals surface area contributed by atoms with Crippen LogP contribution in [0.5, 0.6) is 0 Å². The number of carboxylic acids is 1. The maximum Gasteiger partial charge on any atom is 0.354 e. The lowest BCUT2D eigenvalue weighted by Crippen LogP contribution is -2.12. The third-order valence-electron chi connectivity index (χ3n) is 1.43. The molecule has 12 heavy (non-hydrogen) atoms. The Bertz CT molecular complexity index is 293. The van der Waals surface area contributed by atoms with Crippen LogP contribution in [0, 0.1) is 6.92 Å². The molecule has 1 heterocycles. The summed E-state index contributed by atoms with van der Waals surface area (Å²) >= 11 is 0. The Morgan fingerprint density at radius 2 is 2.42 bits per heavy atom. The monoisotopic (exact) mass is 170 g/mol. The molecule has 0 aliphatic carbocycles. The SMILES string of the molecule is Cc1cc(C(=O)O)n(CCO)n1. The van der Waals surface area contributed by atoms with Gasteiger partial charge >= 0.3 is 5.97 Å². The van der Waals surface area contributed by atoms with Gasteiger partial charge in [-0.15, -0.1) is 0 Å². The molecule has 0 spiro atoms. The minimum atomic E-state index is -1.02. The van der Waals surface area contributed by atoms with E-state index >= 15 is 0 Å². The van der Waals surface area contributed by atoms with Gasteiger partial charge in [0.05, 0.1) is 18.8 Å². The van der Waals surface area contributed by atoms with Gasteiger partial charge in [0.2, 0.25) is 0 Å². The summed E-state index contributed by atoms with van der Waals surface area (Å²) < 4.78 is 1.28. The molecule has 0 aliphatic heterocycles. The number of aromatic nitrogens is 2. The fourth-order valence-corrected chi connectivity index (χ4v) is 0.983. The molecule has 0 saturated heterocycles. The summed E-state index contributed by atoms with van der Waals surface area (Å²) in [5, 5.41) is 21.1. The van der Waals surface area contributed by atoms with Gasteiger partial charge in [0, 0.05) is 0 Å². The molecule has 0 atom stereocenters. The Hall–Kier alpha value is -1.36. The van der Waals surface area contributed by atoms with Gasteiger partial charge in [-0.05, 0) is 13.0 Å². The Labute approximate surface area is 69.2 Å². The van der Waals surface area contributed by atoms with E-state index in [1.54, 1.807) is 6.92 Å². The van der Waals surface area contributed by atoms with Gasteiger partial charge in [0.1, 0.15) is 5.69 Å². The summed E-state index contributed by atoms with van der Waals surface area (Å²) in [5.74, 6) is -1.02. The van der Waals surface area contributed by atoms with Crippen LogP contribution in [0.25, 0.3) is 0 Å². The molecule has 5 nitrogen and oxygen atoms in total. The first-order valence-electron chi connectivity index (χ1n) is 3.53. The molecule has 2 N–H and O–H groups in total. The van der Waals surface area contributed by atoms with E-state index < -0.39 is 5.97 Å². The standard InChI is InChI=1S/C7H10N2O3/c1-5-4-6(7(11)12)9(8-5)2-3-10/h4,10H,2-3H2,1H3,(H,11,12). The van der Waals surface area contributed by atoms with Crippen LogP contribution in [0.15, 0.2) is 6.07 Å². The largest absolute Gasteiger partial charge is 0.477 e. The molecular weight excluding hydrogens is 160 g/mol. The zero-order valence-corrected chi connectivity index (χ0v) is 6.69. The smallest absolute Gasteiger partial charge is 0.354 e. The van der Waals surface area contributed by atoms with Gasteiger partial charge < -0.3 is 10.2 Å². The number of rotatable bonds is 3. The maximum atomic E-state index is 10.6. The second-order valence-electron chi connectivity index (χ2n) is 2.42. The molecule has 1 rings (SSSR count). The summed E-state index contributed by atoms with van der Waals surface area (Å²) in [4.78, 5) is 10.6. The molecule has 1 aromatic heterocycles. The summed E-state index contributed by atoms with van der Waals surface area (Å²) in [7, 11) is 0. The first kappa shape index (κ1) is 8.73. The van der Waals surface area contributed by atoms with Crippen molar-refractivity contribution in [3.05, 3.63) is 17.5 Å². The number of aryl methyl sites for hydroxylation is 1. The van der Waals surface area contributed by atoms with Crippen LogP contribution in [0.4, 0.5) is 0 Å². The molecule has 0 unspecified atom stereocenters. The Kier molecular flexibility index (Phi) is 2.44. The molecule has 0 aromatic carbocycles. The van der Waals surface area contributed by atoms with Crippen molar-refractivity contribution in [2.24, 2.45) is 0 Å². The van der Waals surface area contributed by atoms with Crippen molar-refractivity contribution in [2.45, 2.75) is 13.5 Å². The van der Waals surface area contributed by atoms with E-state index in [1.807, 2.05) is 0 Å². The van der Waals surface area contributed by atoms with Crippen LogP contribution < -0.4 is 0 Å². The highest BCUT2D eigenvalue weighted by molar-refractivity contribution is 5.85. The zero-order chi connectivity index (χ0) is 9.14. The van der Waals surface area contributed by atoms with E-state index in [0.717, 1.165) is 0 Å². The van der Waals surface area contributed by atoms with Gasteiger partial charge in [0.25, 0.3) is 0 Å². The summed E-state index contributed by atoms with van der Waals surface area (Å²) in [6.07, 6.45) is 0. The van der Waals surface area contributed by atoms with E-state index in [-0.39, 0.29) is 18.8 Å². The lowest BCUT2D eigenvalue weighted by atomic mass is 10.4. The van der Waals surface area contributed by atoms with Crippen LogP contribution in [0.2, 0.25) is 0 Å². The maximum absolute atomic E-state index is 10.6. The third kappa shape index (κ3) is 1.62. The number of hydrogen-bond acceptors (Lipinski definition) is 3. The van der Waals surface area contributed by atoms with Crippen LogP contribution in [0.3, 0.4) is 0 Å². The normalized spacial score (nSPS) is 10.2. The highest BCUT2D eigenvalue weighted by atomic mass is 16.4. The Balaban J connectivity index is 2.99. The van der Waals surface area contributed by atoms with Crippen molar-refractivity contribution in [1.82, 2.24) is 9.78 Å². The Morgan fingerprint density at radius 1 is 1.75 bits per heavy atom. The molecule has 0 bridgehead atoms. The molecule has 66 valence electrons. The van der Waals surface area contributed by atoms with Gasteiger partial charge in [0.15, 0.2) is 0 Å². The lowest BCUT2D eigenvalue weighted by Gasteiger charge is -1.99. The average molecular weight is 170 g/mol. The van der Waals surface area contributed by atoms with Crippen molar-refractivity contribution in [3.8, 4) is 0 Å². The molecule has 5 heteroatoms. The van der Waals surface area contributed by atoms with Crippen molar-refractivity contribution >= 4 is 5.97 Å². The molecule has 0 radical (unpaired) electrons.